The van der Waals surface area contributed by atoms with Crippen LogP contribution in [-0.4, -0.2) is 34.1 Å². The van der Waals surface area contributed by atoms with Gasteiger partial charge < -0.3 is 4.57 Å². The Balaban J connectivity index is 2.04. The molecule has 4 heteroatoms. The highest BCUT2D eigenvalue weighted by Gasteiger charge is 2.10. The molecule has 0 unspecified atom stereocenters. The summed E-state index contributed by atoms with van der Waals surface area (Å²) in [5, 5.41) is 0.952. The summed E-state index contributed by atoms with van der Waals surface area (Å²) < 4.78 is 1.66. The van der Waals surface area contributed by atoms with E-state index in [1.807, 2.05) is 13.0 Å². The number of fused-ring (bicyclic) bond motifs is 1. The van der Waals surface area contributed by atoms with Crippen LogP contribution in [0.2, 0.25) is 0 Å². The molecule has 0 aliphatic carbocycles. The second kappa shape index (κ2) is 5.71. The minimum Gasteiger partial charge on any atom is -0.310 e. The SMILES string of the molecule is Cc1ncc2ccc(=O)n(C)c2c1C#CCN1CCCC1. The highest BCUT2D eigenvalue weighted by molar-refractivity contribution is 5.84. The number of hydrogen-bond acceptors (Lipinski definition) is 3. The standard InChI is InChI=1S/C17H19N3O/c1-13-15(6-5-11-20-9-3-4-10-20)17-14(12-18-13)7-8-16(21)19(17)2/h7-8,12H,3-4,9-11H2,1-2H3. The van der Waals surface area contributed by atoms with E-state index in [0.717, 1.165) is 41.8 Å². The van der Waals surface area contributed by atoms with Gasteiger partial charge in [0.15, 0.2) is 0 Å². The molecule has 3 rings (SSSR count). The van der Waals surface area contributed by atoms with Gasteiger partial charge >= 0.3 is 0 Å². The summed E-state index contributed by atoms with van der Waals surface area (Å²) in [4.78, 5) is 18.6. The molecule has 0 amide bonds. The Bertz CT molecular complexity index is 789. The van der Waals surface area contributed by atoms with E-state index in [0.29, 0.717) is 0 Å². The van der Waals surface area contributed by atoms with E-state index in [1.54, 1.807) is 23.9 Å². The minimum atomic E-state index is -0.0179. The van der Waals surface area contributed by atoms with Crippen LogP contribution in [0.15, 0.2) is 23.1 Å². The first-order valence-corrected chi connectivity index (χ1v) is 7.33. The van der Waals surface area contributed by atoms with E-state index < -0.39 is 0 Å². The van der Waals surface area contributed by atoms with Gasteiger partial charge in [0, 0.05) is 24.7 Å². The van der Waals surface area contributed by atoms with E-state index in [1.165, 1.54) is 12.8 Å². The van der Waals surface area contributed by atoms with Crippen molar-refractivity contribution in [2.45, 2.75) is 19.8 Å². The molecule has 1 aliphatic rings. The number of rotatable bonds is 1. The average molecular weight is 281 g/mol. The zero-order valence-electron chi connectivity index (χ0n) is 12.5. The number of aromatic nitrogens is 2. The molecule has 2 aromatic heterocycles. The largest absolute Gasteiger partial charge is 0.310 e. The molecule has 4 nitrogen and oxygen atoms in total. The highest BCUT2D eigenvalue weighted by atomic mass is 16.1. The number of pyridine rings is 2. The molecule has 1 fully saturated rings. The Labute approximate surface area is 124 Å². The van der Waals surface area contributed by atoms with Crippen molar-refractivity contribution >= 4 is 10.9 Å². The van der Waals surface area contributed by atoms with E-state index in [-0.39, 0.29) is 5.56 Å². The third kappa shape index (κ3) is 2.70. The molecule has 3 heterocycles. The number of hydrogen-bond donors (Lipinski definition) is 0. The number of likely N-dealkylation sites (tertiary alicyclic amines) is 1. The fraction of sp³-hybridized carbons (Fsp3) is 0.412. The molecular formula is C17H19N3O. The zero-order valence-corrected chi connectivity index (χ0v) is 12.5. The van der Waals surface area contributed by atoms with Crippen molar-refractivity contribution in [2.24, 2.45) is 7.05 Å². The summed E-state index contributed by atoms with van der Waals surface area (Å²) in [6, 6.07) is 3.39. The predicted octanol–water partition coefficient (Wildman–Crippen LogP) is 1.69. The van der Waals surface area contributed by atoms with Gasteiger partial charge in [-0.05, 0) is 38.9 Å². The fourth-order valence-electron chi connectivity index (χ4n) is 2.80. The highest BCUT2D eigenvalue weighted by Crippen LogP contribution is 2.17. The van der Waals surface area contributed by atoms with Gasteiger partial charge in [-0.15, -0.1) is 0 Å². The van der Waals surface area contributed by atoms with E-state index in [4.69, 9.17) is 0 Å². The van der Waals surface area contributed by atoms with Gasteiger partial charge in [0.05, 0.1) is 23.3 Å². The van der Waals surface area contributed by atoms with Crippen LogP contribution in [-0.2, 0) is 7.05 Å². The first-order valence-electron chi connectivity index (χ1n) is 7.33. The van der Waals surface area contributed by atoms with Crippen LogP contribution in [0, 0.1) is 18.8 Å². The van der Waals surface area contributed by atoms with Crippen LogP contribution in [0.1, 0.15) is 24.1 Å². The van der Waals surface area contributed by atoms with Gasteiger partial charge in [-0.3, -0.25) is 14.7 Å². The second-order valence-electron chi connectivity index (χ2n) is 5.54. The van der Waals surface area contributed by atoms with Crippen molar-refractivity contribution in [3.8, 4) is 11.8 Å². The van der Waals surface area contributed by atoms with E-state index in [9.17, 15) is 4.79 Å². The van der Waals surface area contributed by atoms with E-state index in [2.05, 4.69) is 21.7 Å². The molecule has 1 aliphatic heterocycles. The molecule has 1 saturated heterocycles. The van der Waals surface area contributed by atoms with Gasteiger partial charge in [-0.2, -0.15) is 0 Å². The lowest BCUT2D eigenvalue weighted by molar-refractivity contribution is 0.383. The molecule has 0 N–H and O–H groups in total. The van der Waals surface area contributed by atoms with Gasteiger partial charge in [-0.1, -0.05) is 11.8 Å². The lowest BCUT2D eigenvalue weighted by Gasteiger charge is -2.10. The molecule has 21 heavy (non-hydrogen) atoms. The molecular weight excluding hydrogens is 262 g/mol. The van der Waals surface area contributed by atoms with E-state index >= 15 is 0 Å². The molecule has 0 atom stereocenters. The maximum absolute atomic E-state index is 11.9. The van der Waals surface area contributed by atoms with Crippen molar-refractivity contribution in [2.75, 3.05) is 19.6 Å². The lowest BCUT2D eigenvalue weighted by atomic mass is 10.1. The van der Waals surface area contributed by atoms with Crippen LogP contribution in [0.3, 0.4) is 0 Å². The Hall–Kier alpha value is -2.12. The monoisotopic (exact) mass is 281 g/mol. The summed E-state index contributed by atoms with van der Waals surface area (Å²) >= 11 is 0. The minimum absolute atomic E-state index is 0.0179. The Morgan fingerprint density at radius 3 is 2.81 bits per heavy atom. The number of nitrogens with zero attached hydrogens (tertiary/aromatic N) is 3. The van der Waals surface area contributed by atoms with Crippen LogP contribution >= 0.6 is 0 Å². The molecule has 2 aromatic rings. The average Bonchev–Trinajstić information content (AvgIpc) is 2.98. The topological polar surface area (TPSA) is 38.1 Å². The predicted molar refractivity (Wildman–Crippen MR) is 84.3 cm³/mol. The summed E-state index contributed by atoms with van der Waals surface area (Å²) in [5.41, 5.74) is 2.60. The second-order valence-corrected chi connectivity index (χ2v) is 5.54. The Kier molecular flexibility index (Phi) is 3.76. The van der Waals surface area contributed by atoms with Crippen LogP contribution in [0.4, 0.5) is 0 Å². The van der Waals surface area contributed by atoms with Crippen molar-refractivity contribution < 1.29 is 0 Å². The smallest absolute Gasteiger partial charge is 0.250 e. The third-order valence-corrected chi connectivity index (χ3v) is 4.06. The van der Waals surface area contributed by atoms with Gasteiger partial charge in [0.1, 0.15) is 0 Å². The Morgan fingerprint density at radius 2 is 2.05 bits per heavy atom. The summed E-state index contributed by atoms with van der Waals surface area (Å²) in [7, 11) is 1.79. The normalized spacial score (nSPS) is 15.1. The van der Waals surface area contributed by atoms with Crippen molar-refractivity contribution in [1.29, 1.82) is 0 Å². The molecule has 108 valence electrons. The van der Waals surface area contributed by atoms with Crippen molar-refractivity contribution in [1.82, 2.24) is 14.5 Å². The van der Waals surface area contributed by atoms with Gasteiger partial charge in [-0.25, -0.2) is 0 Å². The molecule has 0 saturated carbocycles. The van der Waals surface area contributed by atoms with Crippen molar-refractivity contribution in [3.63, 3.8) is 0 Å². The molecule has 0 bridgehead atoms. The lowest BCUT2D eigenvalue weighted by Crippen LogP contribution is -2.19. The Morgan fingerprint density at radius 1 is 1.29 bits per heavy atom. The maximum Gasteiger partial charge on any atom is 0.250 e. The van der Waals surface area contributed by atoms with Crippen molar-refractivity contribution in [3.05, 3.63) is 39.9 Å². The number of aryl methyl sites for hydroxylation is 2. The summed E-state index contributed by atoms with van der Waals surface area (Å²) in [6.45, 7) is 5.01. The quantitative estimate of drug-likeness (QED) is 0.747. The van der Waals surface area contributed by atoms with Gasteiger partial charge in [0.25, 0.3) is 5.56 Å². The molecule has 0 radical (unpaired) electrons. The summed E-state index contributed by atoms with van der Waals surface area (Å²) in [5.74, 6) is 6.48. The van der Waals surface area contributed by atoms with Crippen LogP contribution in [0.25, 0.3) is 10.9 Å². The van der Waals surface area contributed by atoms with Gasteiger partial charge in [0.2, 0.25) is 0 Å². The molecule has 0 spiro atoms. The van der Waals surface area contributed by atoms with Crippen LogP contribution in [0.5, 0.6) is 0 Å². The fourth-order valence-corrected chi connectivity index (χ4v) is 2.80. The van der Waals surface area contributed by atoms with Crippen LogP contribution < -0.4 is 5.56 Å². The maximum atomic E-state index is 11.9. The first-order chi connectivity index (χ1) is 10.2. The summed E-state index contributed by atoms with van der Waals surface area (Å²) in [6.07, 6.45) is 4.34. The first kappa shape index (κ1) is 13.8. The molecule has 0 aromatic carbocycles. The third-order valence-electron chi connectivity index (χ3n) is 4.06. The zero-order chi connectivity index (χ0) is 14.8.